The Morgan fingerprint density at radius 1 is 0.912 bits per heavy atom. The average Bonchev–Trinajstić information content (AvgIpc) is 3.60. The monoisotopic (exact) mass is 450 g/mol. The molecule has 1 amide bonds. The summed E-state index contributed by atoms with van der Waals surface area (Å²) in [6.07, 6.45) is 7.82. The molecule has 0 radical (unpaired) electrons. The molecule has 0 bridgehead atoms. The summed E-state index contributed by atoms with van der Waals surface area (Å²) in [7, 11) is 0. The SMILES string of the molecule is O=C(c1cccc2c1NC(c1ccccc1OCc1ccccc1)C1CC=CC21)N1CCCC1. The van der Waals surface area contributed by atoms with Crippen LogP contribution >= 0.6 is 0 Å². The topological polar surface area (TPSA) is 41.6 Å². The minimum Gasteiger partial charge on any atom is -0.489 e. The summed E-state index contributed by atoms with van der Waals surface area (Å²) in [5, 5.41) is 3.83. The van der Waals surface area contributed by atoms with Crippen LogP contribution in [-0.2, 0) is 6.61 Å². The smallest absolute Gasteiger partial charge is 0.255 e. The normalized spacial score (nSPS) is 22.7. The van der Waals surface area contributed by atoms with Crippen LogP contribution < -0.4 is 10.1 Å². The number of rotatable bonds is 5. The van der Waals surface area contributed by atoms with Crippen molar-refractivity contribution in [2.24, 2.45) is 5.92 Å². The second-order valence-corrected chi connectivity index (χ2v) is 9.56. The molecule has 4 nitrogen and oxygen atoms in total. The molecule has 1 N–H and O–H groups in total. The third-order valence-electron chi connectivity index (χ3n) is 7.51. The Morgan fingerprint density at radius 3 is 2.53 bits per heavy atom. The lowest BCUT2D eigenvalue weighted by Crippen LogP contribution is -2.33. The predicted octanol–water partition coefficient (Wildman–Crippen LogP) is 6.33. The number of carbonyl (C=O) groups is 1. The van der Waals surface area contributed by atoms with Crippen LogP contribution in [0.5, 0.6) is 5.75 Å². The summed E-state index contributed by atoms with van der Waals surface area (Å²) >= 11 is 0. The first-order chi connectivity index (χ1) is 16.8. The van der Waals surface area contributed by atoms with E-state index in [-0.39, 0.29) is 11.9 Å². The highest BCUT2D eigenvalue weighted by atomic mass is 16.5. The molecule has 172 valence electrons. The van der Waals surface area contributed by atoms with E-state index in [0.717, 1.165) is 60.5 Å². The number of likely N-dealkylation sites (tertiary alicyclic amines) is 1. The first-order valence-corrected chi connectivity index (χ1v) is 12.4. The van der Waals surface area contributed by atoms with Gasteiger partial charge >= 0.3 is 0 Å². The molecule has 1 aliphatic carbocycles. The molecule has 2 heterocycles. The van der Waals surface area contributed by atoms with Crippen LogP contribution in [0.2, 0.25) is 0 Å². The maximum Gasteiger partial charge on any atom is 0.255 e. The highest BCUT2D eigenvalue weighted by molar-refractivity contribution is 6.01. The van der Waals surface area contributed by atoms with Gasteiger partial charge in [0.15, 0.2) is 0 Å². The Balaban J connectivity index is 1.35. The van der Waals surface area contributed by atoms with Gasteiger partial charge in [0.1, 0.15) is 12.4 Å². The predicted molar refractivity (Wildman–Crippen MR) is 135 cm³/mol. The number of hydrogen-bond acceptors (Lipinski definition) is 3. The van der Waals surface area contributed by atoms with Crippen molar-refractivity contribution >= 4 is 11.6 Å². The molecule has 6 rings (SSSR count). The number of amides is 1. The second-order valence-electron chi connectivity index (χ2n) is 9.56. The van der Waals surface area contributed by atoms with Crippen LogP contribution in [0, 0.1) is 5.92 Å². The number of anilines is 1. The van der Waals surface area contributed by atoms with Crippen LogP contribution in [0.15, 0.2) is 84.9 Å². The van der Waals surface area contributed by atoms with Gasteiger partial charge in [-0.05, 0) is 48.4 Å². The van der Waals surface area contributed by atoms with E-state index >= 15 is 0 Å². The Morgan fingerprint density at radius 2 is 1.68 bits per heavy atom. The molecular formula is C30H30N2O2. The quantitative estimate of drug-likeness (QED) is 0.462. The molecule has 2 aliphatic heterocycles. The standard InChI is InChI=1S/C30H30N2O2/c33-30(32-18-6-7-19-32)26-16-9-15-24-22-13-8-14-23(22)28(31-29(24)26)25-12-4-5-17-27(25)34-20-21-10-2-1-3-11-21/h1-5,8-13,15-17,22-23,28,31H,6-7,14,18-20H2. The highest BCUT2D eigenvalue weighted by Crippen LogP contribution is 2.52. The Hall–Kier alpha value is -3.53. The zero-order chi connectivity index (χ0) is 22.9. The summed E-state index contributed by atoms with van der Waals surface area (Å²) < 4.78 is 6.34. The van der Waals surface area contributed by atoms with E-state index in [1.165, 1.54) is 5.56 Å². The second kappa shape index (κ2) is 9.02. The van der Waals surface area contributed by atoms with Crippen molar-refractivity contribution < 1.29 is 9.53 Å². The maximum absolute atomic E-state index is 13.4. The van der Waals surface area contributed by atoms with Crippen molar-refractivity contribution in [3.05, 3.63) is 107 Å². The van der Waals surface area contributed by atoms with E-state index in [1.54, 1.807) is 0 Å². The summed E-state index contributed by atoms with van der Waals surface area (Å²) in [6.45, 7) is 2.24. The molecule has 0 saturated carbocycles. The summed E-state index contributed by atoms with van der Waals surface area (Å²) in [6, 6.07) is 24.9. The Bertz CT molecular complexity index is 1210. The molecule has 3 aromatic carbocycles. The first-order valence-electron chi connectivity index (χ1n) is 12.4. The number of nitrogens with one attached hydrogen (secondary N) is 1. The zero-order valence-corrected chi connectivity index (χ0v) is 19.3. The van der Waals surface area contributed by atoms with Crippen LogP contribution in [0.25, 0.3) is 0 Å². The van der Waals surface area contributed by atoms with E-state index < -0.39 is 0 Å². The molecule has 3 unspecified atom stereocenters. The van der Waals surface area contributed by atoms with Crippen LogP contribution in [0.4, 0.5) is 5.69 Å². The third-order valence-corrected chi connectivity index (χ3v) is 7.51. The van der Waals surface area contributed by atoms with Gasteiger partial charge in [0.05, 0.1) is 17.3 Å². The van der Waals surface area contributed by atoms with Crippen molar-refractivity contribution in [2.45, 2.75) is 37.8 Å². The van der Waals surface area contributed by atoms with Gasteiger partial charge < -0.3 is 15.0 Å². The van der Waals surface area contributed by atoms with Crippen LogP contribution in [0.1, 0.15) is 58.3 Å². The molecule has 0 aromatic heterocycles. The summed E-state index contributed by atoms with van der Waals surface area (Å²) in [4.78, 5) is 15.4. The number of benzene rings is 3. The van der Waals surface area contributed by atoms with E-state index in [2.05, 4.69) is 53.9 Å². The fourth-order valence-corrected chi connectivity index (χ4v) is 5.80. The van der Waals surface area contributed by atoms with Crippen LogP contribution in [-0.4, -0.2) is 23.9 Å². The van der Waals surface area contributed by atoms with E-state index in [4.69, 9.17) is 4.74 Å². The number of para-hydroxylation sites is 2. The molecule has 3 aromatic rings. The maximum atomic E-state index is 13.4. The summed E-state index contributed by atoms with van der Waals surface area (Å²) in [5.41, 5.74) is 5.34. The molecule has 3 atom stereocenters. The fourth-order valence-electron chi connectivity index (χ4n) is 5.80. The van der Waals surface area contributed by atoms with Crippen molar-refractivity contribution in [2.75, 3.05) is 18.4 Å². The molecule has 4 heteroatoms. The third kappa shape index (κ3) is 3.77. The molecular weight excluding hydrogens is 420 g/mol. The fraction of sp³-hybridized carbons (Fsp3) is 0.300. The highest BCUT2D eigenvalue weighted by Gasteiger charge is 2.40. The van der Waals surface area contributed by atoms with Gasteiger partial charge in [0.25, 0.3) is 5.91 Å². The average molecular weight is 451 g/mol. The van der Waals surface area contributed by atoms with Crippen molar-refractivity contribution in [3.8, 4) is 5.75 Å². The molecule has 34 heavy (non-hydrogen) atoms. The number of fused-ring (bicyclic) bond motifs is 3. The van der Waals surface area contributed by atoms with Gasteiger partial charge in [0.2, 0.25) is 0 Å². The molecule has 0 spiro atoms. The van der Waals surface area contributed by atoms with Crippen molar-refractivity contribution in [1.29, 1.82) is 0 Å². The number of nitrogens with zero attached hydrogens (tertiary/aromatic N) is 1. The number of carbonyl (C=O) groups excluding carboxylic acids is 1. The Kier molecular flexibility index (Phi) is 5.58. The first kappa shape index (κ1) is 21.0. The van der Waals surface area contributed by atoms with E-state index in [9.17, 15) is 4.79 Å². The molecule has 1 fully saturated rings. The van der Waals surface area contributed by atoms with Gasteiger partial charge in [0, 0.05) is 24.6 Å². The lowest BCUT2D eigenvalue weighted by molar-refractivity contribution is 0.0793. The minimum absolute atomic E-state index is 0.0759. The van der Waals surface area contributed by atoms with Gasteiger partial charge in [-0.15, -0.1) is 0 Å². The minimum atomic E-state index is 0.0759. The zero-order valence-electron chi connectivity index (χ0n) is 19.3. The largest absolute Gasteiger partial charge is 0.489 e. The Labute approximate surface area is 201 Å². The molecule has 3 aliphatic rings. The lowest BCUT2D eigenvalue weighted by Gasteiger charge is -2.39. The molecule has 1 saturated heterocycles. The van der Waals surface area contributed by atoms with Crippen molar-refractivity contribution in [3.63, 3.8) is 0 Å². The van der Waals surface area contributed by atoms with Gasteiger partial charge in [-0.1, -0.05) is 72.8 Å². The summed E-state index contributed by atoms with van der Waals surface area (Å²) in [5.74, 6) is 1.75. The van der Waals surface area contributed by atoms with Crippen LogP contribution in [0.3, 0.4) is 0 Å². The lowest BCUT2D eigenvalue weighted by atomic mass is 9.76. The van der Waals surface area contributed by atoms with Gasteiger partial charge in [-0.2, -0.15) is 0 Å². The van der Waals surface area contributed by atoms with Gasteiger partial charge in [-0.25, -0.2) is 0 Å². The number of ether oxygens (including phenoxy) is 1. The van der Waals surface area contributed by atoms with Gasteiger partial charge in [-0.3, -0.25) is 4.79 Å². The van der Waals surface area contributed by atoms with Crippen molar-refractivity contribution in [1.82, 2.24) is 4.90 Å². The van der Waals surface area contributed by atoms with E-state index in [0.29, 0.717) is 18.4 Å². The number of hydrogen-bond donors (Lipinski definition) is 1. The number of allylic oxidation sites excluding steroid dienone is 2. The van der Waals surface area contributed by atoms with E-state index in [1.807, 2.05) is 41.3 Å².